The van der Waals surface area contributed by atoms with E-state index >= 15 is 0 Å². The van der Waals surface area contributed by atoms with Crippen LogP contribution in [0, 0.1) is 12.7 Å². The van der Waals surface area contributed by atoms with E-state index in [9.17, 15) is 9.18 Å². The molecule has 2 aromatic rings. The fraction of sp³-hybridized carbons (Fsp3) is 0.308. The third-order valence-corrected chi connectivity index (χ3v) is 3.86. The Hall–Kier alpha value is -2.09. The second kappa shape index (κ2) is 6.57. The van der Waals surface area contributed by atoms with E-state index in [1.54, 1.807) is 19.1 Å². The number of carbonyl (C=O) groups is 1. The number of nitrogen functional groups attached to an aromatic ring is 1. The van der Waals surface area contributed by atoms with Gasteiger partial charge in [-0.3, -0.25) is 4.79 Å². The van der Waals surface area contributed by atoms with Gasteiger partial charge in [-0.15, -0.1) is 10.2 Å². The van der Waals surface area contributed by atoms with E-state index < -0.39 is 0 Å². The van der Waals surface area contributed by atoms with Crippen molar-refractivity contribution in [2.75, 3.05) is 11.6 Å². The molecule has 3 N–H and O–H groups in total. The van der Waals surface area contributed by atoms with Gasteiger partial charge in [0.25, 0.3) is 0 Å². The second-order valence-corrected chi connectivity index (χ2v) is 5.47. The van der Waals surface area contributed by atoms with Crippen LogP contribution in [0.25, 0.3) is 0 Å². The van der Waals surface area contributed by atoms with Crippen molar-refractivity contribution in [1.29, 1.82) is 0 Å². The summed E-state index contributed by atoms with van der Waals surface area (Å²) < 4.78 is 14.2. The number of hydrogen-bond donors (Lipinski definition) is 2. The molecule has 1 unspecified atom stereocenters. The smallest absolute Gasteiger partial charge is 0.230 e. The van der Waals surface area contributed by atoms with Gasteiger partial charge in [0, 0.05) is 0 Å². The minimum atomic E-state index is -0.300. The molecule has 1 atom stereocenters. The van der Waals surface area contributed by atoms with E-state index in [0.29, 0.717) is 11.0 Å². The molecule has 0 radical (unpaired) electrons. The number of benzene rings is 1. The largest absolute Gasteiger partial charge is 0.349 e. The molecule has 0 saturated heterocycles. The normalized spacial score (nSPS) is 12.1. The molecule has 6 nitrogen and oxygen atoms in total. The first-order chi connectivity index (χ1) is 9.97. The molecule has 112 valence electrons. The van der Waals surface area contributed by atoms with Crippen molar-refractivity contribution in [3.63, 3.8) is 0 Å². The molecule has 1 amide bonds. The number of carbonyl (C=O) groups excluding carboxylic acids is 1. The minimum Gasteiger partial charge on any atom is -0.349 e. The lowest BCUT2D eigenvalue weighted by atomic mass is 10.1. The van der Waals surface area contributed by atoms with Gasteiger partial charge in [-0.1, -0.05) is 23.9 Å². The highest BCUT2D eigenvalue weighted by Crippen LogP contribution is 2.16. The fourth-order valence-corrected chi connectivity index (χ4v) is 2.41. The van der Waals surface area contributed by atoms with Gasteiger partial charge in [0.15, 0.2) is 0 Å². The number of rotatable bonds is 5. The molecule has 1 heterocycles. The minimum absolute atomic E-state index is 0.155. The van der Waals surface area contributed by atoms with Gasteiger partial charge in [-0.05, 0) is 31.5 Å². The Morgan fingerprint density at radius 1 is 1.43 bits per heavy atom. The van der Waals surface area contributed by atoms with Gasteiger partial charge in [0.1, 0.15) is 11.6 Å². The van der Waals surface area contributed by atoms with E-state index in [-0.39, 0.29) is 23.5 Å². The van der Waals surface area contributed by atoms with Crippen LogP contribution in [-0.2, 0) is 4.79 Å². The maximum Gasteiger partial charge on any atom is 0.230 e. The average molecular weight is 309 g/mol. The van der Waals surface area contributed by atoms with Crippen molar-refractivity contribution < 1.29 is 9.18 Å². The lowest BCUT2D eigenvalue weighted by Gasteiger charge is -2.14. The number of hydrogen-bond acceptors (Lipinski definition) is 5. The Morgan fingerprint density at radius 2 is 2.10 bits per heavy atom. The Labute approximate surface area is 125 Å². The van der Waals surface area contributed by atoms with E-state index in [1.807, 2.05) is 6.92 Å². The molecule has 0 saturated carbocycles. The predicted octanol–water partition coefficient (Wildman–Crippen LogP) is 1.41. The topological polar surface area (TPSA) is 85.8 Å². The SMILES string of the molecule is Cc1nnc(SCC(=O)NC(C)c2ccc(F)cc2)n1N. The highest BCUT2D eigenvalue weighted by molar-refractivity contribution is 7.99. The summed E-state index contributed by atoms with van der Waals surface area (Å²) in [6, 6.07) is 5.83. The van der Waals surface area contributed by atoms with E-state index in [1.165, 1.54) is 28.6 Å². The van der Waals surface area contributed by atoms with Crippen LogP contribution in [-0.4, -0.2) is 26.5 Å². The highest BCUT2D eigenvalue weighted by Gasteiger charge is 2.12. The Morgan fingerprint density at radius 3 is 2.67 bits per heavy atom. The number of amides is 1. The van der Waals surface area contributed by atoms with Crippen LogP contribution in [0.1, 0.15) is 24.4 Å². The van der Waals surface area contributed by atoms with Crippen molar-refractivity contribution in [1.82, 2.24) is 20.2 Å². The van der Waals surface area contributed by atoms with Gasteiger partial charge < -0.3 is 11.2 Å². The first-order valence-electron chi connectivity index (χ1n) is 6.32. The summed E-state index contributed by atoms with van der Waals surface area (Å²) in [7, 11) is 0. The van der Waals surface area contributed by atoms with Crippen LogP contribution in [0.2, 0.25) is 0 Å². The quantitative estimate of drug-likeness (QED) is 0.644. The Kier molecular flexibility index (Phi) is 4.79. The monoisotopic (exact) mass is 309 g/mol. The van der Waals surface area contributed by atoms with E-state index in [4.69, 9.17) is 5.84 Å². The standard InChI is InChI=1S/C13H16FN5OS/c1-8(10-3-5-11(14)6-4-10)16-12(20)7-21-13-18-17-9(2)19(13)15/h3-6,8H,7,15H2,1-2H3,(H,16,20). The van der Waals surface area contributed by atoms with Crippen LogP contribution in [0.4, 0.5) is 4.39 Å². The zero-order valence-corrected chi connectivity index (χ0v) is 12.5. The average Bonchev–Trinajstić information content (AvgIpc) is 2.77. The maximum atomic E-state index is 12.8. The summed E-state index contributed by atoms with van der Waals surface area (Å²) in [5, 5.41) is 11.0. The summed E-state index contributed by atoms with van der Waals surface area (Å²) in [6.07, 6.45) is 0. The molecule has 0 fully saturated rings. The first kappa shape index (κ1) is 15.3. The molecule has 0 aliphatic rings. The lowest BCUT2D eigenvalue weighted by Crippen LogP contribution is -2.28. The summed E-state index contributed by atoms with van der Waals surface area (Å²) in [5.74, 6) is 6.01. The molecule has 0 bridgehead atoms. The third-order valence-electron chi connectivity index (χ3n) is 2.91. The molecule has 1 aromatic carbocycles. The molecule has 0 spiro atoms. The Bertz CT molecular complexity index is 628. The molecule has 1 aromatic heterocycles. The van der Waals surface area contributed by atoms with E-state index in [0.717, 1.165) is 5.56 Å². The molecular formula is C13H16FN5OS. The maximum absolute atomic E-state index is 12.8. The molecular weight excluding hydrogens is 293 g/mol. The van der Waals surface area contributed by atoms with Crippen molar-refractivity contribution in [2.45, 2.75) is 25.0 Å². The summed E-state index contributed by atoms with van der Waals surface area (Å²) >= 11 is 1.21. The number of halogens is 1. The highest BCUT2D eigenvalue weighted by atomic mass is 32.2. The fourth-order valence-electron chi connectivity index (χ4n) is 1.70. The number of aryl methyl sites for hydroxylation is 1. The predicted molar refractivity (Wildman–Crippen MR) is 78.6 cm³/mol. The van der Waals surface area contributed by atoms with Gasteiger partial charge in [-0.2, -0.15) is 0 Å². The molecule has 2 rings (SSSR count). The van der Waals surface area contributed by atoms with Crippen molar-refractivity contribution in [2.24, 2.45) is 0 Å². The summed E-state index contributed by atoms with van der Waals surface area (Å²) in [5.41, 5.74) is 0.840. The van der Waals surface area contributed by atoms with Gasteiger partial charge in [0.05, 0.1) is 11.8 Å². The molecule has 21 heavy (non-hydrogen) atoms. The van der Waals surface area contributed by atoms with Crippen LogP contribution >= 0.6 is 11.8 Å². The van der Waals surface area contributed by atoms with Crippen molar-refractivity contribution in [3.05, 3.63) is 41.5 Å². The zero-order valence-electron chi connectivity index (χ0n) is 11.7. The van der Waals surface area contributed by atoms with Crippen LogP contribution < -0.4 is 11.2 Å². The summed E-state index contributed by atoms with van der Waals surface area (Å²) in [6.45, 7) is 3.57. The first-order valence-corrected chi connectivity index (χ1v) is 7.30. The molecule has 0 aliphatic heterocycles. The molecule has 0 aliphatic carbocycles. The zero-order chi connectivity index (χ0) is 15.4. The lowest BCUT2D eigenvalue weighted by molar-refractivity contribution is -0.119. The molecule has 8 heteroatoms. The third kappa shape index (κ3) is 3.94. The van der Waals surface area contributed by atoms with Gasteiger partial charge >= 0.3 is 0 Å². The van der Waals surface area contributed by atoms with Gasteiger partial charge in [-0.25, -0.2) is 9.07 Å². The van der Waals surface area contributed by atoms with Crippen LogP contribution in [0.5, 0.6) is 0 Å². The van der Waals surface area contributed by atoms with E-state index in [2.05, 4.69) is 15.5 Å². The van der Waals surface area contributed by atoms with Crippen LogP contribution in [0.15, 0.2) is 29.4 Å². The number of nitrogens with zero attached hydrogens (tertiary/aromatic N) is 3. The van der Waals surface area contributed by atoms with Crippen molar-refractivity contribution in [3.8, 4) is 0 Å². The number of nitrogens with two attached hydrogens (primary N) is 1. The number of nitrogens with one attached hydrogen (secondary N) is 1. The number of thioether (sulfide) groups is 1. The van der Waals surface area contributed by atoms with Crippen LogP contribution in [0.3, 0.4) is 0 Å². The van der Waals surface area contributed by atoms with Gasteiger partial charge in [0.2, 0.25) is 11.1 Å². The Balaban J connectivity index is 1.87. The number of aromatic nitrogens is 3. The van der Waals surface area contributed by atoms with Crippen molar-refractivity contribution >= 4 is 17.7 Å². The summed E-state index contributed by atoms with van der Waals surface area (Å²) in [4.78, 5) is 11.9. The second-order valence-electron chi connectivity index (χ2n) is 4.53.